The number of amides is 2. The summed E-state index contributed by atoms with van der Waals surface area (Å²) in [4.78, 5) is 23.7. The molecule has 0 saturated heterocycles. The van der Waals surface area contributed by atoms with Gasteiger partial charge in [-0.15, -0.1) is 10.2 Å². The van der Waals surface area contributed by atoms with Crippen LogP contribution in [0.15, 0.2) is 54.6 Å². The number of rotatable bonds is 9. The molecule has 0 bridgehead atoms. The number of nitrogens with zero attached hydrogens (tertiary/aromatic N) is 2. The predicted molar refractivity (Wildman–Crippen MR) is 122 cm³/mol. The lowest BCUT2D eigenvalue weighted by Gasteiger charge is -2.06. The third-order valence-electron chi connectivity index (χ3n) is 4.04. The van der Waals surface area contributed by atoms with Gasteiger partial charge in [0.2, 0.25) is 5.01 Å². The van der Waals surface area contributed by atoms with E-state index in [0.29, 0.717) is 28.9 Å². The fourth-order valence-electron chi connectivity index (χ4n) is 2.53. The summed E-state index contributed by atoms with van der Waals surface area (Å²) in [6.07, 6.45) is 1.72. The molecule has 9 heteroatoms. The number of aromatic nitrogens is 2. The van der Waals surface area contributed by atoms with Crippen LogP contribution < -0.4 is 15.4 Å². The van der Waals surface area contributed by atoms with Crippen molar-refractivity contribution < 1.29 is 14.3 Å². The summed E-state index contributed by atoms with van der Waals surface area (Å²) in [6, 6.07) is 16.7. The number of ether oxygens (including phenoxy) is 1. The van der Waals surface area contributed by atoms with Crippen LogP contribution >= 0.6 is 22.9 Å². The Balaban J connectivity index is 1.57. The molecule has 1 aromatic heterocycles. The number of halogens is 1. The van der Waals surface area contributed by atoms with E-state index in [1.807, 2.05) is 49.4 Å². The van der Waals surface area contributed by atoms with E-state index in [-0.39, 0.29) is 23.4 Å². The van der Waals surface area contributed by atoms with Crippen molar-refractivity contribution in [2.75, 3.05) is 13.2 Å². The average Bonchev–Trinajstić information content (AvgIpc) is 3.29. The minimum absolute atomic E-state index is 0.0380. The van der Waals surface area contributed by atoms with Gasteiger partial charge >= 0.3 is 0 Å². The maximum Gasteiger partial charge on any atom is 0.282 e. The van der Waals surface area contributed by atoms with E-state index in [1.165, 1.54) is 0 Å². The van der Waals surface area contributed by atoms with Crippen molar-refractivity contribution >= 4 is 45.9 Å². The number of hydrogen-bond acceptors (Lipinski definition) is 6. The Labute approximate surface area is 189 Å². The van der Waals surface area contributed by atoms with Gasteiger partial charge < -0.3 is 15.4 Å². The maximum atomic E-state index is 12.3. The van der Waals surface area contributed by atoms with Crippen LogP contribution in [0.2, 0.25) is 0 Å². The van der Waals surface area contributed by atoms with Crippen molar-refractivity contribution in [3.05, 3.63) is 75.7 Å². The number of carbonyl (C=O) groups excluding carboxylic acids is 2. The lowest BCUT2D eigenvalue weighted by Crippen LogP contribution is -2.28. The van der Waals surface area contributed by atoms with E-state index in [2.05, 4.69) is 20.8 Å². The molecule has 3 aromatic rings. The second-order valence-electron chi connectivity index (χ2n) is 6.38. The molecular weight excluding hydrogens is 436 g/mol. The molecule has 2 aromatic carbocycles. The Morgan fingerprint density at radius 2 is 1.74 bits per heavy atom. The van der Waals surface area contributed by atoms with Crippen molar-refractivity contribution in [2.45, 2.75) is 13.5 Å². The van der Waals surface area contributed by atoms with Crippen LogP contribution in [0.4, 0.5) is 0 Å². The van der Waals surface area contributed by atoms with Crippen LogP contribution in [0.1, 0.15) is 32.9 Å². The van der Waals surface area contributed by atoms with Gasteiger partial charge in [-0.25, -0.2) is 0 Å². The average molecular weight is 457 g/mol. The van der Waals surface area contributed by atoms with Gasteiger partial charge in [0.05, 0.1) is 5.03 Å². The van der Waals surface area contributed by atoms with Gasteiger partial charge in [0.1, 0.15) is 5.75 Å². The first kappa shape index (κ1) is 22.5. The molecule has 0 fully saturated rings. The van der Waals surface area contributed by atoms with Gasteiger partial charge in [0.15, 0.2) is 11.6 Å². The summed E-state index contributed by atoms with van der Waals surface area (Å²) in [5.74, 6) is 0.105. The number of likely N-dealkylation sites (N-methyl/N-ethyl adjacent to an activating group) is 1. The molecule has 31 heavy (non-hydrogen) atoms. The molecule has 0 atom stereocenters. The van der Waals surface area contributed by atoms with Crippen molar-refractivity contribution in [1.82, 2.24) is 20.8 Å². The molecule has 0 aliphatic carbocycles. The van der Waals surface area contributed by atoms with Gasteiger partial charge in [-0.05, 0) is 36.3 Å². The number of benzene rings is 2. The predicted octanol–water partition coefficient (Wildman–Crippen LogP) is 3.72. The molecule has 2 N–H and O–H groups in total. The van der Waals surface area contributed by atoms with Gasteiger partial charge in [0, 0.05) is 13.1 Å². The molecule has 7 nitrogen and oxygen atoms in total. The fourth-order valence-corrected chi connectivity index (χ4v) is 3.48. The molecule has 2 amide bonds. The smallest absolute Gasteiger partial charge is 0.282 e. The van der Waals surface area contributed by atoms with Gasteiger partial charge in [-0.1, -0.05) is 65.4 Å². The van der Waals surface area contributed by atoms with Crippen molar-refractivity contribution in [1.29, 1.82) is 0 Å². The van der Waals surface area contributed by atoms with E-state index in [4.69, 9.17) is 16.3 Å². The SMILES string of the molecule is CCNC(=O)COc1ccc(/C=C(/Cl)c2nnc(C(=O)NCc3ccccc3)s2)cc1. The summed E-state index contributed by atoms with van der Waals surface area (Å²) >= 11 is 7.48. The van der Waals surface area contributed by atoms with Crippen molar-refractivity contribution in [3.63, 3.8) is 0 Å². The summed E-state index contributed by atoms with van der Waals surface area (Å²) in [5.41, 5.74) is 1.82. The monoisotopic (exact) mass is 456 g/mol. The molecule has 0 spiro atoms. The summed E-state index contributed by atoms with van der Waals surface area (Å²) < 4.78 is 5.42. The molecule has 0 saturated carbocycles. The molecule has 0 aliphatic heterocycles. The van der Waals surface area contributed by atoms with Crippen LogP contribution in [0.25, 0.3) is 11.1 Å². The van der Waals surface area contributed by atoms with Gasteiger partial charge in [0.25, 0.3) is 11.8 Å². The Morgan fingerprint density at radius 3 is 2.45 bits per heavy atom. The quantitative estimate of drug-likeness (QED) is 0.512. The van der Waals surface area contributed by atoms with Gasteiger partial charge in [-0.3, -0.25) is 9.59 Å². The zero-order chi connectivity index (χ0) is 22.1. The van der Waals surface area contributed by atoms with Crippen LogP contribution in [0.3, 0.4) is 0 Å². The van der Waals surface area contributed by atoms with E-state index in [0.717, 1.165) is 22.5 Å². The van der Waals surface area contributed by atoms with Crippen molar-refractivity contribution in [3.8, 4) is 5.75 Å². The zero-order valence-corrected chi connectivity index (χ0v) is 18.4. The first-order chi connectivity index (χ1) is 15.0. The highest BCUT2D eigenvalue weighted by Gasteiger charge is 2.14. The molecular formula is C22H21ClN4O3S. The van der Waals surface area contributed by atoms with Crippen LogP contribution in [-0.2, 0) is 11.3 Å². The Morgan fingerprint density at radius 1 is 1.03 bits per heavy atom. The highest BCUT2D eigenvalue weighted by Crippen LogP contribution is 2.26. The lowest BCUT2D eigenvalue weighted by molar-refractivity contribution is -0.122. The summed E-state index contributed by atoms with van der Waals surface area (Å²) in [7, 11) is 0. The molecule has 0 radical (unpaired) electrons. The number of nitrogens with one attached hydrogen (secondary N) is 2. The Bertz CT molecular complexity index is 1050. The topological polar surface area (TPSA) is 93.2 Å². The number of hydrogen-bond donors (Lipinski definition) is 2. The summed E-state index contributed by atoms with van der Waals surface area (Å²) in [6.45, 7) is 2.78. The molecule has 0 aliphatic rings. The molecule has 0 unspecified atom stereocenters. The second kappa shape index (κ2) is 11.2. The van der Waals surface area contributed by atoms with Gasteiger partial charge in [-0.2, -0.15) is 0 Å². The standard InChI is InChI=1S/C22H21ClN4O3S/c1-2-24-19(28)14-30-17-10-8-15(9-11-17)12-18(23)21-26-27-22(31-21)20(29)25-13-16-6-4-3-5-7-16/h3-12H,2,13-14H2,1H3,(H,24,28)(H,25,29)/b18-12+. The van der Waals surface area contributed by atoms with E-state index >= 15 is 0 Å². The van der Waals surface area contributed by atoms with E-state index in [9.17, 15) is 9.59 Å². The molecule has 1 heterocycles. The normalized spacial score (nSPS) is 11.1. The highest BCUT2D eigenvalue weighted by atomic mass is 35.5. The van der Waals surface area contributed by atoms with E-state index in [1.54, 1.807) is 18.2 Å². The first-order valence-corrected chi connectivity index (χ1v) is 10.8. The third kappa shape index (κ3) is 6.91. The van der Waals surface area contributed by atoms with E-state index < -0.39 is 0 Å². The minimum Gasteiger partial charge on any atom is -0.484 e. The van der Waals surface area contributed by atoms with Crippen LogP contribution in [0, 0.1) is 0 Å². The largest absolute Gasteiger partial charge is 0.484 e. The fraction of sp³-hybridized carbons (Fsp3) is 0.182. The second-order valence-corrected chi connectivity index (χ2v) is 7.77. The van der Waals surface area contributed by atoms with Crippen LogP contribution in [-0.4, -0.2) is 35.2 Å². The Kier molecular flexibility index (Phi) is 8.14. The Hall–Kier alpha value is -3.23. The van der Waals surface area contributed by atoms with Crippen LogP contribution in [0.5, 0.6) is 5.75 Å². The highest BCUT2D eigenvalue weighted by molar-refractivity contribution is 7.15. The number of carbonyl (C=O) groups is 2. The molecule has 160 valence electrons. The lowest BCUT2D eigenvalue weighted by atomic mass is 10.2. The summed E-state index contributed by atoms with van der Waals surface area (Å²) in [5, 5.41) is 14.5. The minimum atomic E-state index is -0.300. The maximum absolute atomic E-state index is 12.3. The molecule has 3 rings (SSSR count). The first-order valence-electron chi connectivity index (χ1n) is 9.58. The van der Waals surface area contributed by atoms with Crippen molar-refractivity contribution in [2.24, 2.45) is 0 Å². The third-order valence-corrected chi connectivity index (χ3v) is 5.39. The zero-order valence-electron chi connectivity index (χ0n) is 16.8.